The monoisotopic (exact) mass is 932 g/mol. The van der Waals surface area contributed by atoms with Gasteiger partial charge in [0.05, 0.1) is 0 Å². The molecule has 60 heavy (non-hydrogen) atoms. The van der Waals surface area contributed by atoms with E-state index in [1.807, 2.05) is 0 Å². The van der Waals surface area contributed by atoms with Crippen LogP contribution in [0.25, 0.3) is 43.8 Å². The summed E-state index contributed by atoms with van der Waals surface area (Å²) in [5.74, 6) is 1.80. The number of rotatable bonds is 8. The molecule has 4 heteroatoms. The van der Waals surface area contributed by atoms with E-state index in [1.165, 1.54) is 156 Å². The fourth-order valence-corrected chi connectivity index (χ4v) is 12.1. The second-order valence-electron chi connectivity index (χ2n) is 19.9. The van der Waals surface area contributed by atoms with Crippen LogP contribution in [-0.2, 0) is 47.0 Å². The number of halogens is 2. The molecule has 0 atom stereocenters. The number of hydrogen-bond donors (Lipinski definition) is 0. The summed E-state index contributed by atoms with van der Waals surface area (Å²) in [5.41, 5.74) is 11.9. The second kappa shape index (κ2) is 23.5. The minimum atomic E-state index is 0. The van der Waals surface area contributed by atoms with E-state index in [2.05, 4.69) is 164 Å². The molecule has 0 amide bonds. The zero-order valence-electron chi connectivity index (χ0n) is 38.2. The number of hydrogen-bond acceptors (Lipinski definition) is 0. The molecule has 0 aliphatic heterocycles. The summed E-state index contributed by atoms with van der Waals surface area (Å²) in [7, 11) is 0. The molecule has 2 fully saturated rings. The zero-order valence-corrected chi connectivity index (χ0v) is 43.2. The third kappa shape index (κ3) is 14.1. The molecule has 8 rings (SSSR count). The normalized spacial score (nSPS) is 15.0. The molecule has 0 nitrogen and oxygen atoms in total. The summed E-state index contributed by atoms with van der Waals surface area (Å²) in [4.78, 5) is 0. The molecule has 2 saturated carbocycles. The van der Waals surface area contributed by atoms with E-state index in [0.717, 1.165) is 11.8 Å². The Balaban J connectivity index is 0.000000227. The van der Waals surface area contributed by atoms with Gasteiger partial charge in [0, 0.05) is 0 Å². The Kier molecular flexibility index (Phi) is 19.7. The SMILES string of the molecule is CC(C)(C)c1ccc(-c2cccc3[cH-]c(CC4CCCCC4)cc23)cc1.CC(C)(C)c1ccc(-c2cccc3[cH-]c(CC4CCCCC4)cc23)cc1.CCC[Si](C)=[Zr+2].[Cl-].[Cl-]. The van der Waals surface area contributed by atoms with Crippen molar-refractivity contribution in [1.82, 2.24) is 0 Å². The van der Waals surface area contributed by atoms with Crippen LogP contribution >= 0.6 is 0 Å². The molecule has 2 aliphatic carbocycles. The zero-order chi connectivity index (χ0) is 41.3. The van der Waals surface area contributed by atoms with Gasteiger partial charge < -0.3 is 24.8 Å². The van der Waals surface area contributed by atoms with Crippen LogP contribution in [0.5, 0.6) is 0 Å². The maximum atomic E-state index is 2.46. The average molecular weight is 935 g/mol. The molecule has 0 heterocycles. The number of fused-ring (bicyclic) bond motifs is 2. The third-order valence-corrected chi connectivity index (χ3v) is 16.0. The van der Waals surface area contributed by atoms with E-state index >= 15 is 0 Å². The van der Waals surface area contributed by atoms with Crippen molar-refractivity contribution in [3.63, 3.8) is 0 Å². The van der Waals surface area contributed by atoms with Crippen molar-refractivity contribution >= 4 is 27.0 Å². The van der Waals surface area contributed by atoms with Gasteiger partial charge in [0.2, 0.25) is 0 Å². The largest absolute Gasteiger partial charge is 1.00 e. The van der Waals surface area contributed by atoms with Gasteiger partial charge in [-0.25, -0.2) is 0 Å². The summed E-state index contributed by atoms with van der Waals surface area (Å²) in [5, 5.41) is 5.63. The quantitative estimate of drug-likeness (QED) is 0.105. The molecule has 2 aliphatic rings. The van der Waals surface area contributed by atoms with Crippen LogP contribution in [0.3, 0.4) is 0 Å². The first-order valence-electron chi connectivity index (χ1n) is 22.9. The van der Waals surface area contributed by atoms with Gasteiger partial charge in [0.15, 0.2) is 0 Å². The molecule has 6 aromatic carbocycles. The van der Waals surface area contributed by atoms with Gasteiger partial charge in [-0.1, -0.05) is 178 Å². The van der Waals surface area contributed by atoms with Gasteiger partial charge in [0.1, 0.15) is 0 Å². The molecule has 0 spiro atoms. The molecule has 0 unspecified atom stereocenters. The van der Waals surface area contributed by atoms with Crippen LogP contribution in [0.2, 0.25) is 12.6 Å². The average Bonchev–Trinajstić information content (AvgIpc) is 3.82. The van der Waals surface area contributed by atoms with Crippen molar-refractivity contribution in [2.75, 3.05) is 0 Å². The Hall–Kier alpha value is -2.22. The van der Waals surface area contributed by atoms with Crippen molar-refractivity contribution in [2.45, 2.75) is 155 Å². The summed E-state index contributed by atoms with van der Waals surface area (Å²) in [6.45, 7) is 18.3. The van der Waals surface area contributed by atoms with Crippen molar-refractivity contribution in [2.24, 2.45) is 11.8 Å². The van der Waals surface area contributed by atoms with Crippen molar-refractivity contribution < 1.29 is 48.1 Å². The van der Waals surface area contributed by atoms with Crippen molar-refractivity contribution in [3.8, 4) is 22.3 Å². The maximum absolute atomic E-state index is 2.46. The summed E-state index contributed by atoms with van der Waals surface area (Å²) >= 11 is 1.79. The Morgan fingerprint density at radius 1 is 0.550 bits per heavy atom. The predicted octanol–water partition coefficient (Wildman–Crippen LogP) is 10.9. The fourth-order valence-electron chi connectivity index (χ4n) is 9.46. The van der Waals surface area contributed by atoms with Gasteiger partial charge in [-0.2, -0.15) is 12.1 Å². The first-order valence-corrected chi connectivity index (χ1v) is 28.8. The smallest absolute Gasteiger partial charge is 1.00 e. The van der Waals surface area contributed by atoms with Gasteiger partial charge in [-0.3, -0.25) is 0 Å². The van der Waals surface area contributed by atoms with E-state index in [1.54, 1.807) is 23.3 Å². The van der Waals surface area contributed by atoms with Crippen LogP contribution in [0.15, 0.2) is 109 Å². The minimum Gasteiger partial charge on any atom is -1.00 e. The Labute approximate surface area is 393 Å². The van der Waals surface area contributed by atoms with Crippen LogP contribution in [0.4, 0.5) is 0 Å². The Bertz CT molecular complexity index is 2040. The van der Waals surface area contributed by atoms with E-state index in [0.29, 0.717) is 0 Å². The van der Waals surface area contributed by atoms with Gasteiger partial charge in [-0.15, -0.1) is 69.1 Å². The van der Waals surface area contributed by atoms with Crippen LogP contribution in [0, 0.1) is 11.8 Å². The molecule has 0 radical (unpaired) electrons. The van der Waals surface area contributed by atoms with Gasteiger partial charge in [-0.05, 0) is 57.8 Å². The van der Waals surface area contributed by atoms with Crippen LogP contribution in [-0.4, -0.2) is 5.43 Å². The molecule has 0 bridgehead atoms. The van der Waals surface area contributed by atoms with E-state index in [9.17, 15) is 0 Å². The van der Waals surface area contributed by atoms with E-state index in [-0.39, 0.29) is 41.1 Å². The first kappa shape index (κ1) is 50.4. The summed E-state index contributed by atoms with van der Waals surface area (Å²) in [6, 6.07) is 43.1. The van der Waals surface area contributed by atoms with Crippen molar-refractivity contribution in [3.05, 3.63) is 131 Å². The first-order chi connectivity index (χ1) is 27.8. The summed E-state index contributed by atoms with van der Waals surface area (Å²) in [6.07, 6.45) is 18.2. The van der Waals surface area contributed by atoms with Crippen molar-refractivity contribution in [1.29, 1.82) is 0 Å². The van der Waals surface area contributed by atoms with Gasteiger partial charge >= 0.3 is 54.7 Å². The Morgan fingerprint density at radius 2 is 0.917 bits per heavy atom. The maximum Gasteiger partial charge on any atom is -1.00 e. The Morgan fingerprint density at radius 3 is 1.22 bits per heavy atom. The third-order valence-electron chi connectivity index (χ3n) is 12.9. The fraction of sp³-hybridized carbons (Fsp3) is 0.464. The van der Waals surface area contributed by atoms with Gasteiger partial charge in [0.25, 0.3) is 0 Å². The molecule has 0 saturated heterocycles. The predicted molar refractivity (Wildman–Crippen MR) is 255 cm³/mol. The molecular formula is C56H72Cl2SiZr-2. The second-order valence-corrected chi connectivity index (χ2v) is 28.3. The summed E-state index contributed by atoms with van der Waals surface area (Å²) < 4.78 is 0. The molecule has 6 aromatic rings. The van der Waals surface area contributed by atoms with E-state index < -0.39 is 0 Å². The topological polar surface area (TPSA) is 0 Å². The number of benzene rings is 4. The molecule has 0 N–H and O–H groups in total. The molecular weight excluding hydrogens is 863 g/mol. The molecule has 0 aromatic heterocycles. The standard InChI is InChI=1S/2C26H31.C4H10Si.2ClH.Zr/c2*1-26(2,3)23-14-12-21(13-15-23)24-11-7-10-22-17-20(18-25(22)24)16-19-8-5-4-6-9-19;1-3-4-5-2;;;/h2*7,10-15,17-19H,4-6,8-9,16H2,1-3H3;3-4H2,1-2H3;2*1H;/q2*-1;;;;+2/p-2. The molecule has 320 valence electrons. The van der Waals surface area contributed by atoms with Crippen LogP contribution in [0.1, 0.15) is 141 Å². The minimum absolute atomic E-state index is 0. The van der Waals surface area contributed by atoms with E-state index in [4.69, 9.17) is 0 Å². The van der Waals surface area contributed by atoms with Crippen LogP contribution < -0.4 is 24.8 Å².